The molecule has 0 spiro atoms. The van der Waals surface area contributed by atoms with E-state index < -0.39 is 11.9 Å². The van der Waals surface area contributed by atoms with Crippen molar-refractivity contribution >= 4 is 35.3 Å². The molecule has 2 aliphatic heterocycles. The summed E-state index contributed by atoms with van der Waals surface area (Å²) in [6.45, 7) is 5.44. The average molecular weight is 537 g/mol. The number of fused-ring (bicyclic) bond motifs is 2. The Balaban J connectivity index is 0.000000349. The predicted molar refractivity (Wildman–Crippen MR) is 146 cm³/mol. The first kappa shape index (κ1) is 26.9. The van der Waals surface area contributed by atoms with Crippen molar-refractivity contribution < 1.29 is 19.8 Å². The van der Waals surface area contributed by atoms with Crippen LogP contribution in [0.3, 0.4) is 0 Å². The minimum Gasteiger partial charge on any atom is -0.478 e. The molecule has 0 saturated carbocycles. The average Bonchev–Trinajstić information content (AvgIpc) is 3.05. The minimum absolute atomic E-state index is 0.388. The highest BCUT2D eigenvalue weighted by Gasteiger charge is 2.30. The summed E-state index contributed by atoms with van der Waals surface area (Å²) in [5.41, 5.74) is 4.23. The number of carboxylic acids is 2. The number of hydrogen-bond donors (Lipinski definition) is 2. The summed E-state index contributed by atoms with van der Waals surface area (Å²) in [7, 11) is 0. The molecule has 6 nitrogen and oxygen atoms in total. The van der Waals surface area contributed by atoms with E-state index in [4.69, 9.17) is 21.8 Å². The molecular formula is C29H29ClN2O4S. The first-order chi connectivity index (χ1) is 17.9. The maximum Gasteiger partial charge on any atom is 0.328 e. The molecule has 37 heavy (non-hydrogen) atoms. The van der Waals surface area contributed by atoms with Crippen molar-refractivity contribution in [2.45, 2.75) is 28.8 Å². The van der Waals surface area contributed by atoms with Gasteiger partial charge in [-0.05, 0) is 47.4 Å². The largest absolute Gasteiger partial charge is 0.478 e. The van der Waals surface area contributed by atoms with Gasteiger partial charge in [-0.15, -0.1) is 0 Å². The molecular weight excluding hydrogens is 508 g/mol. The Morgan fingerprint density at radius 3 is 2.19 bits per heavy atom. The summed E-state index contributed by atoms with van der Waals surface area (Å²) in [6.07, 6.45) is 2.17. The molecule has 2 aliphatic rings. The second kappa shape index (κ2) is 12.9. The second-order valence-corrected chi connectivity index (χ2v) is 10.4. The minimum atomic E-state index is -1.26. The Morgan fingerprint density at radius 1 is 0.865 bits per heavy atom. The van der Waals surface area contributed by atoms with Gasteiger partial charge in [0.25, 0.3) is 0 Å². The van der Waals surface area contributed by atoms with Crippen LogP contribution in [0.4, 0.5) is 0 Å². The van der Waals surface area contributed by atoms with E-state index in [-0.39, 0.29) is 0 Å². The normalized spacial score (nSPS) is 17.7. The highest BCUT2D eigenvalue weighted by atomic mass is 35.5. The molecule has 192 valence electrons. The Bertz CT molecular complexity index is 1240. The standard InChI is InChI=1S/C25H25ClN2S.C4H4O4/c26-21-10-11-25-22(17-21)23(16-20-8-4-5-9-24(20)29-25)28-14-12-27(13-15-28)18-19-6-2-1-3-7-19;5-3(6)1-2-4(7)8/h1-11,17,23H,12-16,18H2;1-2H,(H,5,6)(H,7,8)/b;2-1+. The van der Waals surface area contributed by atoms with Gasteiger partial charge in [0.1, 0.15) is 0 Å². The third-order valence-electron chi connectivity index (χ3n) is 6.40. The molecule has 3 aromatic rings. The van der Waals surface area contributed by atoms with Crippen LogP contribution in [0.5, 0.6) is 0 Å². The van der Waals surface area contributed by atoms with Crippen molar-refractivity contribution in [3.63, 3.8) is 0 Å². The van der Waals surface area contributed by atoms with Crippen molar-refractivity contribution in [3.8, 4) is 0 Å². The lowest BCUT2D eigenvalue weighted by Crippen LogP contribution is -2.47. The molecule has 1 atom stereocenters. The third kappa shape index (κ3) is 7.69. The molecule has 2 heterocycles. The molecule has 1 saturated heterocycles. The lowest BCUT2D eigenvalue weighted by Gasteiger charge is -2.39. The molecule has 3 aromatic carbocycles. The van der Waals surface area contributed by atoms with Crippen LogP contribution in [0.1, 0.15) is 22.7 Å². The molecule has 0 amide bonds. The summed E-state index contributed by atoms with van der Waals surface area (Å²) in [5, 5.41) is 16.5. The van der Waals surface area contributed by atoms with E-state index in [1.54, 1.807) is 0 Å². The Labute approximate surface area is 226 Å². The molecule has 0 radical (unpaired) electrons. The molecule has 8 heteroatoms. The zero-order chi connectivity index (χ0) is 26.2. The molecule has 5 rings (SSSR count). The molecule has 2 N–H and O–H groups in total. The molecule has 0 bridgehead atoms. The van der Waals surface area contributed by atoms with Gasteiger partial charge in [0.15, 0.2) is 0 Å². The Kier molecular flexibility index (Phi) is 9.41. The number of carboxylic acid groups (broad SMARTS) is 2. The Morgan fingerprint density at radius 2 is 1.51 bits per heavy atom. The van der Waals surface area contributed by atoms with Gasteiger partial charge >= 0.3 is 11.9 Å². The third-order valence-corrected chi connectivity index (χ3v) is 7.85. The van der Waals surface area contributed by atoms with Crippen LogP contribution < -0.4 is 0 Å². The quantitative estimate of drug-likeness (QED) is 0.410. The van der Waals surface area contributed by atoms with Gasteiger partial charge in [-0.2, -0.15) is 0 Å². The van der Waals surface area contributed by atoms with E-state index in [0.717, 1.165) is 44.2 Å². The van der Waals surface area contributed by atoms with Gasteiger partial charge in [0.2, 0.25) is 0 Å². The summed E-state index contributed by atoms with van der Waals surface area (Å²) in [5.74, 6) is -2.51. The summed E-state index contributed by atoms with van der Waals surface area (Å²) >= 11 is 8.31. The first-order valence-electron chi connectivity index (χ1n) is 12.1. The number of rotatable bonds is 5. The van der Waals surface area contributed by atoms with Crippen LogP contribution in [0.2, 0.25) is 5.02 Å². The van der Waals surface area contributed by atoms with E-state index in [0.29, 0.717) is 18.2 Å². The second-order valence-electron chi connectivity index (χ2n) is 8.92. The fraction of sp³-hybridized carbons (Fsp3) is 0.241. The molecule has 1 fully saturated rings. The maximum atomic E-state index is 9.55. The predicted octanol–water partition coefficient (Wildman–Crippen LogP) is 5.62. The zero-order valence-electron chi connectivity index (χ0n) is 20.3. The van der Waals surface area contributed by atoms with E-state index in [2.05, 4.69) is 76.5 Å². The fourth-order valence-electron chi connectivity index (χ4n) is 4.62. The first-order valence-corrected chi connectivity index (χ1v) is 13.3. The highest BCUT2D eigenvalue weighted by Crippen LogP contribution is 2.43. The highest BCUT2D eigenvalue weighted by molar-refractivity contribution is 7.99. The van der Waals surface area contributed by atoms with Crippen molar-refractivity contribution in [3.05, 3.63) is 107 Å². The van der Waals surface area contributed by atoms with Crippen molar-refractivity contribution in [2.75, 3.05) is 26.2 Å². The van der Waals surface area contributed by atoms with Gasteiger partial charge in [-0.25, -0.2) is 9.59 Å². The number of piperazine rings is 1. The molecule has 1 unspecified atom stereocenters. The SMILES string of the molecule is Clc1ccc2c(c1)C(N1CCN(Cc3ccccc3)CC1)Cc1ccccc1S2.O=C(O)/C=C/C(=O)O. The van der Waals surface area contributed by atoms with Gasteiger partial charge in [-0.3, -0.25) is 9.80 Å². The van der Waals surface area contributed by atoms with Gasteiger partial charge in [-0.1, -0.05) is 71.9 Å². The summed E-state index contributed by atoms with van der Waals surface area (Å²) in [4.78, 5) is 27.1. The maximum absolute atomic E-state index is 9.55. The Hall–Kier alpha value is -3.10. The van der Waals surface area contributed by atoms with Crippen LogP contribution >= 0.6 is 23.4 Å². The van der Waals surface area contributed by atoms with Crippen LogP contribution in [0.15, 0.2) is 94.7 Å². The van der Waals surface area contributed by atoms with E-state index in [1.807, 2.05) is 17.8 Å². The van der Waals surface area contributed by atoms with Crippen molar-refractivity contribution in [2.24, 2.45) is 0 Å². The monoisotopic (exact) mass is 536 g/mol. The lowest BCUT2D eigenvalue weighted by atomic mass is 9.96. The van der Waals surface area contributed by atoms with Crippen molar-refractivity contribution in [1.82, 2.24) is 9.80 Å². The number of hydrogen-bond acceptors (Lipinski definition) is 5. The smallest absolute Gasteiger partial charge is 0.328 e. The number of aliphatic carboxylic acids is 2. The molecule has 0 aliphatic carbocycles. The number of halogens is 1. The van der Waals surface area contributed by atoms with Gasteiger partial charge in [0, 0.05) is 65.7 Å². The fourth-order valence-corrected chi connectivity index (χ4v) is 5.92. The van der Waals surface area contributed by atoms with Gasteiger partial charge in [0.05, 0.1) is 0 Å². The van der Waals surface area contributed by atoms with Crippen LogP contribution in [-0.2, 0) is 22.6 Å². The zero-order valence-corrected chi connectivity index (χ0v) is 21.9. The van der Waals surface area contributed by atoms with Crippen LogP contribution in [0.25, 0.3) is 0 Å². The van der Waals surface area contributed by atoms with Gasteiger partial charge < -0.3 is 10.2 Å². The van der Waals surface area contributed by atoms with Crippen molar-refractivity contribution in [1.29, 1.82) is 0 Å². The summed E-state index contributed by atoms with van der Waals surface area (Å²) < 4.78 is 0. The summed E-state index contributed by atoms with van der Waals surface area (Å²) in [6, 6.07) is 26.4. The van der Waals surface area contributed by atoms with Crippen LogP contribution in [0, 0.1) is 0 Å². The van der Waals surface area contributed by atoms with E-state index >= 15 is 0 Å². The lowest BCUT2D eigenvalue weighted by molar-refractivity contribution is -0.134. The number of nitrogens with zero attached hydrogens (tertiary/aromatic N) is 2. The topological polar surface area (TPSA) is 81.1 Å². The number of benzene rings is 3. The van der Waals surface area contributed by atoms with Crippen LogP contribution in [-0.4, -0.2) is 58.1 Å². The van der Waals surface area contributed by atoms with E-state index in [9.17, 15) is 9.59 Å². The molecule has 0 aromatic heterocycles. The number of carbonyl (C=O) groups is 2. The van der Waals surface area contributed by atoms with E-state index in [1.165, 1.54) is 26.5 Å².